The zero-order valence-electron chi connectivity index (χ0n) is 13.4. The molecule has 20 heavy (non-hydrogen) atoms. The van der Waals surface area contributed by atoms with Crippen LogP contribution in [0.2, 0.25) is 0 Å². The molecule has 0 aromatic carbocycles. The minimum absolute atomic E-state index is 0.0625. The minimum Gasteiger partial charge on any atom is -0.388 e. The fourth-order valence-corrected chi connectivity index (χ4v) is 6.03. The molecule has 0 heterocycles. The molecule has 0 amide bonds. The summed E-state index contributed by atoms with van der Waals surface area (Å²) in [5.74, 6) is 1.33. The Morgan fingerprint density at radius 2 is 2.10 bits per heavy atom. The maximum atomic E-state index is 11.7. The summed E-state index contributed by atoms with van der Waals surface area (Å²) in [6.45, 7) is 15.0. The molecule has 1 nitrogen and oxygen atoms in total. The third kappa shape index (κ3) is 2.50. The molecule has 0 bridgehead atoms. The Bertz CT molecular complexity index is 400. The Kier molecular flexibility index (Phi) is 4.47. The molecule has 2 saturated carbocycles. The molecule has 2 aliphatic rings. The van der Waals surface area contributed by atoms with Gasteiger partial charge in [-0.2, -0.15) is 11.8 Å². The van der Waals surface area contributed by atoms with Gasteiger partial charge in [0.1, 0.15) is 0 Å². The van der Waals surface area contributed by atoms with E-state index < -0.39 is 5.60 Å². The zero-order chi connectivity index (χ0) is 15.0. The number of rotatable bonds is 4. The van der Waals surface area contributed by atoms with Crippen LogP contribution in [0.5, 0.6) is 0 Å². The summed E-state index contributed by atoms with van der Waals surface area (Å²) in [5.41, 5.74) is 0.891. The summed E-state index contributed by atoms with van der Waals surface area (Å²) < 4.78 is -0.0625. The fraction of sp³-hybridized carbons (Fsp3) is 0.778. The summed E-state index contributed by atoms with van der Waals surface area (Å²) in [6.07, 6.45) is 8.19. The van der Waals surface area contributed by atoms with E-state index in [9.17, 15) is 5.11 Å². The quantitative estimate of drug-likeness (QED) is 0.739. The molecule has 0 radical (unpaired) electrons. The summed E-state index contributed by atoms with van der Waals surface area (Å²) in [7, 11) is 0. The number of fused-ring (bicyclic) bond motifs is 1. The van der Waals surface area contributed by atoms with Gasteiger partial charge in [0, 0.05) is 10.7 Å². The maximum Gasteiger partial charge on any atom is 0.0866 e. The summed E-state index contributed by atoms with van der Waals surface area (Å²) >= 11 is 1.95. The van der Waals surface area contributed by atoms with Crippen molar-refractivity contribution in [3.8, 4) is 0 Å². The highest BCUT2D eigenvalue weighted by Crippen LogP contribution is 2.61. The smallest absolute Gasteiger partial charge is 0.0866 e. The topological polar surface area (TPSA) is 20.2 Å². The summed E-state index contributed by atoms with van der Waals surface area (Å²) in [5, 5.41) is 11.7. The minimum atomic E-state index is -0.612. The first-order valence-electron chi connectivity index (χ1n) is 7.95. The lowest BCUT2D eigenvalue weighted by molar-refractivity contribution is -0.113. The highest BCUT2D eigenvalue weighted by molar-refractivity contribution is 8.00. The highest BCUT2D eigenvalue weighted by atomic mass is 32.2. The van der Waals surface area contributed by atoms with E-state index in [1.807, 2.05) is 17.8 Å². The second kappa shape index (κ2) is 5.53. The van der Waals surface area contributed by atoms with E-state index in [2.05, 4.69) is 33.9 Å². The van der Waals surface area contributed by atoms with Crippen LogP contribution < -0.4 is 0 Å². The van der Waals surface area contributed by atoms with Gasteiger partial charge < -0.3 is 5.11 Å². The lowest BCUT2D eigenvalue weighted by atomic mass is 9.54. The molecule has 1 N–H and O–H groups in total. The van der Waals surface area contributed by atoms with Crippen molar-refractivity contribution in [1.29, 1.82) is 0 Å². The molecule has 2 aliphatic carbocycles. The molecular weight excluding hydrogens is 264 g/mol. The van der Waals surface area contributed by atoms with Crippen molar-refractivity contribution >= 4 is 11.8 Å². The monoisotopic (exact) mass is 294 g/mol. The third-order valence-electron chi connectivity index (χ3n) is 5.46. The van der Waals surface area contributed by atoms with E-state index >= 15 is 0 Å². The molecule has 0 unspecified atom stereocenters. The van der Waals surface area contributed by atoms with Gasteiger partial charge >= 0.3 is 0 Å². The van der Waals surface area contributed by atoms with Gasteiger partial charge in [-0.05, 0) is 49.7 Å². The first-order chi connectivity index (χ1) is 9.30. The molecule has 2 heteroatoms. The average molecular weight is 295 g/mol. The normalized spacial score (nSPS) is 40.2. The van der Waals surface area contributed by atoms with Gasteiger partial charge in [0.05, 0.1) is 5.60 Å². The first kappa shape index (κ1) is 16.2. The SMILES string of the molecule is C=CC[C@]1(SCC)CCC(=C)[C@@H]2CCC(C)(C)C[C@]21O. The van der Waals surface area contributed by atoms with Crippen LogP contribution in [-0.2, 0) is 0 Å². The van der Waals surface area contributed by atoms with Crippen LogP contribution in [0.3, 0.4) is 0 Å². The van der Waals surface area contributed by atoms with E-state index in [4.69, 9.17) is 0 Å². The van der Waals surface area contributed by atoms with Crippen molar-refractivity contribution in [3.05, 3.63) is 24.8 Å². The van der Waals surface area contributed by atoms with Crippen LogP contribution in [0.4, 0.5) is 0 Å². The van der Waals surface area contributed by atoms with Crippen molar-refractivity contribution < 1.29 is 5.11 Å². The van der Waals surface area contributed by atoms with Gasteiger partial charge in [0.2, 0.25) is 0 Å². The van der Waals surface area contributed by atoms with Crippen molar-refractivity contribution in [2.45, 2.75) is 69.6 Å². The van der Waals surface area contributed by atoms with Crippen molar-refractivity contribution in [2.75, 3.05) is 5.75 Å². The van der Waals surface area contributed by atoms with Crippen molar-refractivity contribution in [2.24, 2.45) is 11.3 Å². The Morgan fingerprint density at radius 3 is 2.70 bits per heavy atom. The molecular formula is C18H30OS. The van der Waals surface area contributed by atoms with E-state index in [-0.39, 0.29) is 16.1 Å². The third-order valence-corrected chi connectivity index (χ3v) is 7.03. The van der Waals surface area contributed by atoms with Crippen LogP contribution in [0.1, 0.15) is 59.3 Å². The molecule has 0 aromatic heterocycles. The predicted molar refractivity (Wildman–Crippen MR) is 90.1 cm³/mol. The summed E-state index contributed by atoms with van der Waals surface area (Å²) in [4.78, 5) is 0. The van der Waals surface area contributed by atoms with Gasteiger partial charge in [-0.1, -0.05) is 39.0 Å². The van der Waals surface area contributed by atoms with Crippen LogP contribution in [0.15, 0.2) is 24.8 Å². The van der Waals surface area contributed by atoms with Crippen molar-refractivity contribution in [3.63, 3.8) is 0 Å². The zero-order valence-corrected chi connectivity index (χ0v) is 14.2. The number of thioether (sulfide) groups is 1. The van der Waals surface area contributed by atoms with Gasteiger partial charge in [0.15, 0.2) is 0 Å². The molecule has 0 aromatic rings. The number of aliphatic hydroxyl groups is 1. The number of allylic oxidation sites excluding steroid dienone is 1. The van der Waals surface area contributed by atoms with Crippen LogP contribution in [-0.4, -0.2) is 21.2 Å². The largest absolute Gasteiger partial charge is 0.388 e. The Morgan fingerprint density at radius 1 is 1.40 bits per heavy atom. The standard InChI is InChI=1S/C18H30OS/c1-6-10-17(20-7-2)12-8-14(3)15-9-11-16(4,5)13-18(15,17)19/h6,15,19H,1,3,7-13H2,2,4-5H3/t15-,17-,18-/m0/s1. The second-order valence-corrected chi connectivity index (χ2v) is 9.08. The Labute approximate surface area is 128 Å². The molecule has 2 fully saturated rings. The van der Waals surface area contributed by atoms with Gasteiger partial charge in [-0.25, -0.2) is 0 Å². The molecule has 114 valence electrons. The lowest BCUT2D eigenvalue weighted by Gasteiger charge is -2.60. The van der Waals surface area contributed by atoms with E-state index in [0.717, 1.165) is 37.9 Å². The van der Waals surface area contributed by atoms with E-state index in [0.29, 0.717) is 0 Å². The van der Waals surface area contributed by atoms with Crippen LogP contribution >= 0.6 is 11.8 Å². The van der Waals surface area contributed by atoms with Crippen LogP contribution in [0.25, 0.3) is 0 Å². The van der Waals surface area contributed by atoms with Crippen LogP contribution in [0, 0.1) is 11.3 Å². The molecule has 0 saturated heterocycles. The molecule has 3 atom stereocenters. The molecule has 2 rings (SSSR count). The molecule has 0 aliphatic heterocycles. The van der Waals surface area contributed by atoms with E-state index in [1.54, 1.807) is 0 Å². The highest BCUT2D eigenvalue weighted by Gasteiger charge is 2.60. The number of hydrogen-bond acceptors (Lipinski definition) is 2. The lowest BCUT2D eigenvalue weighted by Crippen LogP contribution is -2.63. The second-order valence-electron chi connectivity index (χ2n) is 7.43. The predicted octanol–water partition coefficient (Wildman–Crippen LogP) is 4.96. The Hall–Kier alpha value is -0.210. The average Bonchev–Trinajstić information content (AvgIpc) is 2.33. The van der Waals surface area contributed by atoms with Gasteiger partial charge in [-0.15, -0.1) is 6.58 Å². The number of hydrogen-bond donors (Lipinski definition) is 1. The molecule has 0 spiro atoms. The van der Waals surface area contributed by atoms with Gasteiger partial charge in [-0.3, -0.25) is 0 Å². The Balaban J connectivity index is 2.45. The van der Waals surface area contributed by atoms with E-state index in [1.165, 1.54) is 12.0 Å². The first-order valence-corrected chi connectivity index (χ1v) is 8.94. The van der Waals surface area contributed by atoms with Gasteiger partial charge in [0.25, 0.3) is 0 Å². The fourth-order valence-electron chi connectivity index (χ4n) is 4.53. The maximum absolute atomic E-state index is 11.7. The van der Waals surface area contributed by atoms with Crippen molar-refractivity contribution in [1.82, 2.24) is 0 Å². The summed E-state index contributed by atoms with van der Waals surface area (Å²) in [6, 6.07) is 0.